The first-order chi connectivity index (χ1) is 4.66. The Morgan fingerprint density at radius 1 is 1.60 bits per heavy atom. The highest BCUT2D eigenvalue weighted by Crippen LogP contribution is 2.33. The van der Waals surface area contributed by atoms with Crippen LogP contribution in [-0.2, 0) is 0 Å². The van der Waals surface area contributed by atoms with Crippen molar-refractivity contribution >= 4 is 0 Å². The van der Waals surface area contributed by atoms with E-state index in [-0.39, 0.29) is 5.60 Å². The van der Waals surface area contributed by atoms with Crippen molar-refractivity contribution in [2.24, 2.45) is 5.92 Å². The van der Waals surface area contributed by atoms with Crippen LogP contribution in [-0.4, -0.2) is 10.7 Å². The summed E-state index contributed by atoms with van der Waals surface area (Å²) in [5, 5.41) is 9.85. The first-order valence-electron chi connectivity index (χ1n) is 4.39. The van der Waals surface area contributed by atoms with Crippen molar-refractivity contribution < 1.29 is 5.11 Å². The Hall–Kier alpha value is -0.0400. The molecule has 0 aromatic heterocycles. The Labute approximate surface area is 63.4 Å². The molecule has 2 atom stereocenters. The van der Waals surface area contributed by atoms with Crippen molar-refractivity contribution in [2.75, 3.05) is 0 Å². The predicted octanol–water partition coefficient (Wildman–Crippen LogP) is 2.34. The normalized spacial score (nSPS) is 41.7. The molecule has 1 fully saturated rings. The van der Waals surface area contributed by atoms with Gasteiger partial charge in [-0.2, -0.15) is 0 Å². The Kier molecular flexibility index (Phi) is 2.35. The van der Waals surface area contributed by atoms with Gasteiger partial charge >= 0.3 is 0 Å². The van der Waals surface area contributed by atoms with Gasteiger partial charge in [0.1, 0.15) is 0 Å². The third kappa shape index (κ3) is 1.72. The third-order valence-corrected chi connectivity index (χ3v) is 2.73. The summed E-state index contributed by atoms with van der Waals surface area (Å²) >= 11 is 0. The van der Waals surface area contributed by atoms with Crippen LogP contribution in [0.4, 0.5) is 0 Å². The maximum absolute atomic E-state index is 9.85. The quantitative estimate of drug-likeness (QED) is 0.595. The fourth-order valence-corrected chi connectivity index (χ4v) is 1.95. The molecule has 0 bridgehead atoms. The molecule has 0 aromatic rings. The summed E-state index contributed by atoms with van der Waals surface area (Å²) in [6.45, 7) is 4.32. The zero-order valence-corrected chi connectivity index (χ0v) is 7.06. The van der Waals surface area contributed by atoms with Gasteiger partial charge in [0.15, 0.2) is 0 Å². The van der Waals surface area contributed by atoms with E-state index in [1.54, 1.807) is 0 Å². The van der Waals surface area contributed by atoms with E-state index in [1.807, 2.05) is 0 Å². The van der Waals surface area contributed by atoms with Crippen molar-refractivity contribution in [2.45, 2.75) is 51.6 Å². The molecule has 1 heteroatoms. The zero-order valence-electron chi connectivity index (χ0n) is 7.06. The fraction of sp³-hybridized carbons (Fsp3) is 1.00. The molecule has 1 aliphatic rings. The standard InChI is InChI=1S/C9H18O/c1-3-9(10)6-4-5-8(2)7-9/h8,10H,3-7H2,1-2H3/t8-,9-/m1/s1. The summed E-state index contributed by atoms with van der Waals surface area (Å²) in [4.78, 5) is 0. The topological polar surface area (TPSA) is 20.2 Å². The molecule has 0 heterocycles. The molecule has 0 aromatic carbocycles. The molecule has 0 amide bonds. The monoisotopic (exact) mass is 142 g/mol. The summed E-state index contributed by atoms with van der Waals surface area (Å²) < 4.78 is 0. The van der Waals surface area contributed by atoms with E-state index >= 15 is 0 Å². The lowest BCUT2D eigenvalue weighted by atomic mass is 9.78. The SMILES string of the molecule is CC[C@@]1(O)CCC[C@@H](C)C1. The van der Waals surface area contributed by atoms with Crippen LogP contribution in [0.2, 0.25) is 0 Å². The number of hydrogen-bond donors (Lipinski definition) is 1. The average molecular weight is 142 g/mol. The molecule has 0 aliphatic heterocycles. The summed E-state index contributed by atoms with van der Waals surface area (Å²) in [7, 11) is 0. The summed E-state index contributed by atoms with van der Waals surface area (Å²) in [6.07, 6.45) is 5.49. The first kappa shape index (κ1) is 8.06. The number of aliphatic hydroxyl groups is 1. The molecule has 60 valence electrons. The van der Waals surface area contributed by atoms with E-state index in [1.165, 1.54) is 12.8 Å². The van der Waals surface area contributed by atoms with E-state index < -0.39 is 0 Å². The van der Waals surface area contributed by atoms with Gasteiger partial charge < -0.3 is 5.11 Å². The predicted molar refractivity (Wildman–Crippen MR) is 42.9 cm³/mol. The molecule has 10 heavy (non-hydrogen) atoms. The highest BCUT2D eigenvalue weighted by Gasteiger charge is 2.30. The molecule has 1 rings (SSSR count). The van der Waals surface area contributed by atoms with Crippen molar-refractivity contribution in [1.29, 1.82) is 0 Å². The molecule has 0 spiro atoms. The highest BCUT2D eigenvalue weighted by molar-refractivity contribution is 4.83. The van der Waals surface area contributed by atoms with E-state index in [2.05, 4.69) is 13.8 Å². The molecule has 1 saturated carbocycles. The maximum Gasteiger partial charge on any atom is 0.0647 e. The summed E-state index contributed by atoms with van der Waals surface area (Å²) in [6, 6.07) is 0. The van der Waals surface area contributed by atoms with Gasteiger partial charge in [0.2, 0.25) is 0 Å². The fourth-order valence-electron chi connectivity index (χ4n) is 1.95. The van der Waals surface area contributed by atoms with Gasteiger partial charge in [-0.15, -0.1) is 0 Å². The molecule has 0 unspecified atom stereocenters. The Bertz CT molecular complexity index is 111. The van der Waals surface area contributed by atoms with E-state index in [4.69, 9.17) is 0 Å². The molecular formula is C9H18O. The lowest BCUT2D eigenvalue weighted by Crippen LogP contribution is -2.33. The van der Waals surface area contributed by atoms with Gasteiger partial charge in [0.25, 0.3) is 0 Å². The Balaban J connectivity index is 2.45. The molecule has 1 aliphatic carbocycles. The van der Waals surface area contributed by atoms with Crippen LogP contribution in [0.15, 0.2) is 0 Å². The lowest BCUT2D eigenvalue weighted by molar-refractivity contribution is -0.0159. The van der Waals surface area contributed by atoms with E-state index in [0.717, 1.165) is 25.2 Å². The average Bonchev–Trinajstić information content (AvgIpc) is 1.88. The zero-order chi connectivity index (χ0) is 7.61. The van der Waals surface area contributed by atoms with Crippen LogP contribution in [0, 0.1) is 5.92 Å². The van der Waals surface area contributed by atoms with Crippen LogP contribution in [0.1, 0.15) is 46.0 Å². The van der Waals surface area contributed by atoms with E-state index in [0.29, 0.717) is 0 Å². The maximum atomic E-state index is 9.85. The van der Waals surface area contributed by atoms with Crippen molar-refractivity contribution in [3.8, 4) is 0 Å². The second kappa shape index (κ2) is 2.91. The first-order valence-corrected chi connectivity index (χ1v) is 4.39. The van der Waals surface area contributed by atoms with Gasteiger partial charge in [-0.25, -0.2) is 0 Å². The Morgan fingerprint density at radius 2 is 2.30 bits per heavy atom. The largest absolute Gasteiger partial charge is 0.390 e. The van der Waals surface area contributed by atoms with Gasteiger partial charge in [-0.3, -0.25) is 0 Å². The number of rotatable bonds is 1. The molecule has 0 saturated heterocycles. The van der Waals surface area contributed by atoms with Gasteiger partial charge in [0.05, 0.1) is 5.60 Å². The summed E-state index contributed by atoms with van der Waals surface area (Å²) in [5.74, 6) is 0.735. The van der Waals surface area contributed by atoms with Crippen LogP contribution in [0.5, 0.6) is 0 Å². The second-order valence-electron chi connectivity index (χ2n) is 3.78. The second-order valence-corrected chi connectivity index (χ2v) is 3.78. The molecule has 1 N–H and O–H groups in total. The van der Waals surface area contributed by atoms with Gasteiger partial charge in [-0.05, 0) is 25.2 Å². The lowest BCUT2D eigenvalue weighted by Gasteiger charge is -2.34. The minimum Gasteiger partial charge on any atom is -0.390 e. The minimum atomic E-state index is -0.308. The van der Waals surface area contributed by atoms with Crippen LogP contribution in [0.25, 0.3) is 0 Å². The smallest absolute Gasteiger partial charge is 0.0647 e. The summed E-state index contributed by atoms with van der Waals surface area (Å²) in [5.41, 5.74) is -0.308. The molecule has 1 nitrogen and oxygen atoms in total. The van der Waals surface area contributed by atoms with Crippen LogP contribution < -0.4 is 0 Å². The van der Waals surface area contributed by atoms with E-state index in [9.17, 15) is 5.11 Å². The van der Waals surface area contributed by atoms with Gasteiger partial charge in [0, 0.05) is 0 Å². The highest BCUT2D eigenvalue weighted by atomic mass is 16.3. The van der Waals surface area contributed by atoms with Crippen molar-refractivity contribution in [3.05, 3.63) is 0 Å². The Morgan fingerprint density at radius 3 is 2.70 bits per heavy atom. The van der Waals surface area contributed by atoms with Crippen molar-refractivity contribution in [1.82, 2.24) is 0 Å². The number of hydrogen-bond acceptors (Lipinski definition) is 1. The minimum absolute atomic E-state index is 0.308. The van der Waals surface area contributed by atoms with Crippen LogP contribution in [0.3, 0.4) is 0 Å². The van der Waals surface area contributed by atoms with Gasteiger partial charge in [-0.1, -0.05) is 26.7 Å². The molecule has 0 radical (unpaired) electrons. The van der Waals surface area contributed by atoms with Crippen molar-refractivity contribution in [3.63, 3.8) is 0 Å². The van der Waals surface area contributed by atoms with Crippen LogP contribution >= 0.6 is 0 Å². The molecular weight excluding hydrogens is 124 g/mol. The third-order valence-electron chi connectivity index (χ3n) is 2.73.